The average Bonchev–Trinajstić information content (AvgIpc) is 3.23. The lowest BCUT2D eigenvalue weighted by atomic mass is 10.1. The Morgan fingerprint density at radius 3 is 2.67 bits per heavy atom. The summed E-state index contributed by atoms with van der Waals surface area (Å²) < 4.78 is 11.3. The van der Waals surface area contributed by atoms with Gasteiger partial charge < -0.3 is 14.5 Å². The first-order valence-corrected chi connectivity index (χ1v) is 11.1. The van der Waals surface area contributed by atoms with E-state index in [2.05, 4.69) is 22.5 Å². The van der Waals surface area contributed by atoms with Crippen LogP contribution in [0.1, 0.15) is 34.0 Å². The van der Waals surface area contributed by atoms with Crippen LogP contribution in [0.15, 0.2) is 59.0 Å². The second-order valence-electron chi connectivity index (χ2n) is 7.77. The highest BCUT2D eigenvalue weighted by atomic mass is 32.1. The highest BCUT2D eigenvalue weighted by Gasteiger charge is 2.16. The standard InChI is InChI=1S/C26H25N3O3S/c1-5-17-10-12-22-21(13-17)27-25(32-22)18-11-9-15(2)20(14-18)28-26(33)29-24(30)19-8-6-7-16(3)23(19)31-4/h6-14H,5H2,1-4H3,(H2,28,29,30,33). The predicted molar refractivity (Wildman–Crippen MR) is 135 cm³/mol. The molecule has 3 aromatic carbocycles. The number of rotatable bonds is 5. The van der Waals surface area contributed by atoms with E-state index in [1.54, 1.807) is 19.2 Å². The van der Waals surface area contributed by atoms with Gasteiger partial charge in [0.2, 0.25) is 5.89 Å². The number of anilines is 1. The number of thiocarbonyl (C=S) groups is 1. The van der Waals surface area contributed by atoms with Gasteiger partial charge in [0.05, 0.1) is 12.7 Å². The van der Waals surface area contributed by atoms with Gasteiger partial charge in [-0.25, -0.2) is 4.98 Å². The number of ether oxygens (including phenoxy) is 1. The van der Waals surface area contributed by atoms with E-state index in [1.165, 1.54) is 5.56 Å². The molecule has 1 aromatic heterocycles. The van der Waals surface area contributed by atoms with Gasteiger partial charge in [-0.2, -0.15) is 0 Å². The third-order valence-corrected chi connectivity index (χ3v) is 5.68. The van der Waals surface area contributed by atoms with Crippen LogP contribution in [0.3, 0.4) is 0 Å². The van der Waals surface area contributed by atoms with Gasteiger partial charge in [-0.1, -0.05) is 31.2 Å². The lowest BCUT2D eigenvalue weighted by Crippen LogP contribution is -2.34. The van der Waals surface area contributed by atoms with E-state index >= 15 is 0 Å². The molecule has 4 aromatic rings. The van der Waals surface area contributed by atoms with Crippen LogP contribution in [-0.4, -0.2) is 23.1 Å². The van der Waals surface area contributed by atoms with Crippen LogP contribution in [0.4, 0.5) is 5.69 Å². The number of para-hydroxylation sites is 1. The van der Waals surface area contributed by atoms with Crippen molar-refractivity contribution in [3.8, 4) is 17.2 Å². The Labute approximate surface area is 198 Å². The first kappa shape index (κ1) is 22.5. The van der Waals surface area contributed by atoms with Crippen molar-refractivity contribution in [3.63, 3.8) is 0 Å². The van der Waals surface area contributed by atoms with E-state index in [4.69, 9.17) is 21.4 Å². The van der Waals surface area contributed by atoms with E-state index in [-0.39, 0.29) is 11.0 Å². The molecule has 0 radical (unpaired) electrons. The molecule has 2 N–H and O–H groups in total. The van der Waals surface area contributed by atoms with Gasteiger partial charge in [-0.3, -0.25) is 10.1 Å². The van der Waals surface area contributed by atoms with E-state index in [1.807, 2.05) is 56.3 Å². The molecular weight excluding hydrogens is 434 g/mol. The quantitative estimate of drug-likeness (QED) is 0.367. The second-order valence-corrected chi connectivity index (χ2v) is 8.18. The summed E-state index contributed by atoms with van der Waals surface area (Å²) in [7, 11) is 1.54. The first-order chi connectivity index (χ1) is 15.9. The smallest absolute Gasteiger partial charge is 0.261 e. The lowest BCUT2D eigenvalue weighted by molar-refractivity contribution is 0.0974. The Balaban J connectivity index is 1.54. The fourth-order valence-electron chi connectivity index (χ4n) is 3.63. The molecule has 1 amide bonds. The monoisotopic (exact) mass is 459 g/mol. The SMILES string of the molecule is CCc1ccc2oc(-c3ccc(C)c(NC(=S)NC(=O)c4cccc(C)c4OC)c3)nc2c1. The number of amides is 1. The van der Waals surface area contributed by atoms with Crippen molar-refractivity contribution >= 4 is 40.0 Å². The fraction of sp³-hybridized carbons (Fsp3) is 0.192. The zero-order valence-corrected chi connectivity index (χ0v) is 19.8. The fourth-order valence-corrected chi connectivity index (χ4v) is 3.83. The molecule has 0 fully saturated rings. The minimum atomic E-state index is -0.340. The zero-order chi connectivity index (χ0) is 23.5. The number of aryl methyl sites for hydroxylation is 3. The van der Waals surface area contributed by atoms with Crippen LogP contribution in [0.25, 0.3) is 22.6 Å². The molecule has 0 aliphatic rings. The summed E-state index contributed by atoms with van der Waals surface area (Å²) in [6, 6.07) is 17.2. The molecular formula is C26H25N3O3S. The molecule has 0 saturated heterocycles. The van der Waals surface area contributed by atoms with E-state index in [0.29, 0.717) is 17.2 Å². The van der Waals surface area contributed by atoms with Crippen LogP contribution in [-0.2, 0) is 6.42 Å². The van der Waals surface area contributed by atoms with Gasteiger partial charge in [0.15, 0.2) is 10.7 Å². The summed E-state index contributed by atoms with van der Waals surface area (Å²) in [5, 5.41) is 6.03. The van der Waals surface area contributed by atoms with Crippen molar-refractivity contribution in [1.29, 1.82) is 0 Å². The van der Waals surface area contributed by atoms with Gasteiger partial charge in [0.25, 0.3) is 5.91 Å². The Hall–Kier alpha value is -3.71. The number of fused-ring (bicyclic) bond motifs is 1. The molecule has 168 valence electrons. The number of carbonyl (C=O) groups excluding carboxylic acids is 1. The maximum Gasteiger partial charge on any atom is 0.261 e. The number of hydrogen-bond acceptors (Lipinski definition) is 5. The Morgan fingerprint density at radius 2 is 1.91 bits per heavy atom. The number of methoxy groups -OCH3 is 1. The summed E-state index contributed by atoms with van der Waals surface area (Å²) in [6.07, 6.45) is 0.939. The van der Waals surface area contributed by atoms with Gasteiger partial charge in [-0.15, -0.1) is 0 Å². The minimum absolute atomic E-state index is 0.189. The summed E-state index contributed by atoms with van der Waals surface area (Å²) in [4.78, 5) is 17.4. The van der Waals surface area contributed by atoms with E-state index in [9.17, 15) is 4.79 Å². The van der Waals surface area contributed by atoms with Crippen LogP contribution in [0.5, 0.6) is 5.75 Å². The molecule has 4 rings (SSSR count). The summed E-state index contributed by atoms with van der Waals surface area (Å²) in [5.74, 6) is 0.714. The highest BCUT2D eigenvalue weighted by Crippen LogP contribution is 2.29. The molecule has 7 heteroatoms. The maximum absolute atomic E-state index is 12.8. The maximum atomic E-state index is 12.8. The molecule has 1 heterocycles. The summed E-state index contributed by atoms with van der Waals surface area (Å²) in [6.45, 7) is 5.95. The first-order valence-electron chi connectivity index (χ1n) is 10.7. The molecule has 0 spiro atoms. The number of nitrogens with zero attached hydrogens (tertiary/aromatic N) is 1. The topological polar surface area (TPSA) is 76.4 Å². The van der Waals surface area contributed by atoms with Crippen LogP contribution >= 0.6 is 12.2 Å². The van der Waals surface area contributed by atoms with E-state index < -0.39 is 0 Å². The largest absolute Gasteiger partial charge is 0.496 e. The zero-order valence-electron chi connectivity index (χ0n) is 19.0. The highest BCUT2D eigenvalue weighted by molar-refractivity contribution is 7.80. The Morgan fingerprint density at radius 1 is 1.09 bits per heavy atom. The number of nitrogens with one attached hydrogen (secondary N) is 2. The number of carbonyl (C=O) groups is 1. The number of benzene rings is 3. The molecule has 0 saturated carbocycles. The number of oxazole rings is 1. The molecule has 0 atom stereocenters. The average molecular weight is 460 g/mol. The summed E-state index contributed by atoms with van der Waals surface area (Å²) in [5.41, 5.74) is 6.61. The van der Waals surface area contributed by atoms with Crippen molar-refractivity contribution in [2.75, 3.05) is 12.4 Å². The van der Waals surface area contributed by atoms with Gasteiger partial charge in [0, 0.05) is 11.3 Å². The van der Waals surface area contributed by atoms with Crippen molar-refractivity contribution in [2.24, 2.45) is 0 Å². The Kier molecular flexibility index (Phi) is 6.42. The number of hydrogen-bond donors (Lipinski definition) is 2. The van der Waals surface area contributed by atoms with Crippen LogP contribution in [0.2, 0.25) is 0 Å². The van der Waals surface area contributed by atoms with Crippen molar-refractivity contribution in [1.82, 2.24) is 10.3 Å². The molecule has 0 aliphatic heterocycles. The number of aromatic nitrogens is 1. The predicted octanol–water partition coefficient (Wildman–Crippen LogP) is 5.81. The van der Waals surface area contributed by atoms with Crippen molar-refractivity contribution in [3.05, 3.63) is 76.9 Å². The molecule has 0 aliphatic carbocycles. The Bertz CT molecular complexity index is 1360. The van der Waals surface area contributed by atoms with Crippen molar-refractivity contribution in [2.45, 2.75) is 27.2 Å². The van der Waals surface area contributed by atoms with Gasteiger partial charge in [-0.05, 0) is 79.5 Å². The van der Waals surface area contributed by atoms with Gasteiger partial charge in [0.1, 0.15) is 11.3 Å². The van der Waals surface area contributed by atoms with Crippen LogP contribution < -0.4 is 15.4 Å². The van der Waals surface area contributed by atoms with Crippen molar-refractivity contribution < 1.29 is 13.9 Å². The third-order valence-electron chi connectivity index (χ3n) is 5.48. The third kappa shape index (κ3) is 4.73. The second kappa shape index (κ2) is 9.42. The molecule has 6 nitrogen and oxygen atoms in total. The molecule has 0 unspecified atom stereocenters. The van der Waals surface area contributed by atoms with Crippen LogP contribution in [0, 0.1) is 13.8 Å². The van der Waals surface area contributed by atoms with E-state index in [0.717, 1.165) is 39.9 Å². The summed E-state index contributed by atoms with van der Waals surface area (Å²) >= 11 is 5.40. The normalized spacial score (nSPS) is 10.8. The van der Waals surface area contributed by atoms with Gasteiger partial charge >= 0.3 is 0 Å². The minimum Gasteiger partial charge on any atom is -0.496 e. The lowest BCUT2D eigenvalue weighted by Gasteiger charge is -2.14. The molecule has 33 heavy (non-hydrogen) atoms. The molecule has 0 bridgehead atoms.